The van der Waals surface area contributed by atoms with Crippen LogP contribution in [0.2, 0.25) is 0 Å². The molecular formula is C16H10N4O5. The van der Waals surface area contributed by atoms with Crippen molar-refractivity contribution in [3.8, 4) is 5.69 Å². The Labute approximate surface area is 138 Å². The van der Waals surface area contributed by atoms with Gasteiger partial charge in [0.15, 0.2) is 0 Å². The molecule has 3 heterocycles. The molecule has 5 N–H and O–H groups in total. The van der Waals surface area contributed by atoms with Crippen LogP contribution >= 0.6 is 0 Å². The number of carbonyl (C=O) groups is 3. The third-order valence-electron chi connectivity index (χ3n) is 4.07. The first-order valence-corrected chi connectivity index (χ1v) is 7.15. The number of carbonyl (C=O) groups excluding carboxylic acids is 2. The van der Waals surface area contributed by atoms with E-state index in [1.165, 1.54) is 6.07 Å². The number of rotatable bonds is 2. The molecule has 2 amide bonds. The summed E-state index contributed by atoms with van der Waals surface area (Å²) in [5, 5.41) is 11.7. The molecule has 0 bridgehead atoms. The molecule has 4 rings (SSSR count). The summed E-state index contributed by atoms with van der Waals surface area (Å²) in [5.74, 6) is -2.69. The second kappa shape index (κ2) is 4.81. The second-order valence-corrected chi connectivity index (χ2v) is 5.50. The number of H-pyrrole nitrogens is 1. The minimum Gasteiger partial charge on any atom is -0.477 e. The van der Waals surface area contributed by atoms with E-state index >= 15 is 0 Å². The summed E-state index contributed by atoms with van der Waals surface area (Å²) in [6.45, 7) is 0. The number of hydrogen-bond donors (Lipinski definition) is 4. The van der Waals surface area contributed by atoms with Gasteiger partial charge >= 0.3 is 5.97 Å². The van der Waals surface area contributed by atoms with Gasteiger partial charge in [-0.2, -0.15) is 0 Å². The molecule has 9 nitrogen and oxygen atoms in total. The Bertz CT molecular complexity index is 1170. The normalized spacial score (nSPS) is 13.1. The van der Waals surface area contributed by atoms with Crippen LogP contribution in [-0.2, 0) is 0 Å². The molecule has 0 spiro atoms. The third-order valence-corrected chi connectivity index (χ3v) is 4.07. The predicted molar refractivity (Wildman–Crippen MR) is 87.1 cm³/mol. The molecular weight excluding hydrogens is 328 g/mol. The summed E-state index contributed by atoms with van der Waals surface area (Å²) in [7, 11) is 0. The van der Waals surface area contributed by atoms with Crippen molar-refractivity contribution >= 4 is 34.5 Å². The summed E-state index contributed by atoms with van der Waals surface area (Å²) in [5.41, 5.74) is 5.99. The highest BCUT2D eigenvalue weighted by Crippen LogP contribution is 2.27. The van der Waals surface area contributed by atoms with E-state index in [9.17, 15) is 19.2 Å². The maximum Gasteiger partial charge on any atom is 0.352 e. The van der Waals surface area contributed by atoms with Gasteiger partial charge in [-0.05, 0) is 18.2 Å². The van der Waals surface area contributed by atoms with Crippen LogP contribution < -0.4 is 16.6 Å². The number of carboxylic acid groups (broad SMARTS) is 1. The van der Waals surface area contributed by atoms with Crippen molar-refractivity contribution in [3.63, 3.8) is 0 Å². The zero-order valence-corrected chi connectivity index (χ0v) is 12.5. The fraction of sp³-hybridized carbons (Fsp3) is 0. The van der Waals surface area contributed by atoms with E-state index in [1.807, 2.05) is 0 Å². The summed E-state index contributed by atoms with van der Waals surface area (Å²) < 4.78 is 1.08. The van der Waals surface area contributed by atoms with Gasteiger partial charge in [-0.3, -0.25) is 24.3 Å². The van der Waals surface area contributed by atoms with Crippen molar-refractivity contribution < 1.29 is 19.5 Å². The summed E-state index contributed by atoms with van der Waals surface area (Å²) >= 11 is 0. The average Bonchev–Trinajstić information content (AvgIpc) is 3.09. The largest absolute Gasteiger partial charge is 0.477 e. The van der Waals surface area contributed by atoms with Crippen LogP contribution in [0.25, 0.3) is 16.6 Å². The molecule has 0 radical (unpaired) electrons. The lowest BCUT2D eigenvalue weighted by atomic mass is 10.1. The molecule has 1 aromatic carbocycles. The van der Waals surface area contributed by atoms with Gasteiger partial charge in [-0.1, -0.05) is 6.07 Å². The van der Waals surface area contributed by atoms with Crippen LogP contribution in [0.3, 0.4) is 0 Å². The first-order chi connectivity index (χ1) is 11.9. The number of anilines is 1. The molecule has 25 heavy (non-hydrogen) atoms. The molecule has 1 aliphatic heterocycles. The van der Waals surface area contributed by atoms with E-state index in [0.29, 0.717) is 16.6 Å². The number of fused-ring (bicyclic) bond motifs is 2. The number of nitrogens with two attached hydrogens (primary N) is 1. The Balaban J connectivity index is 2.07. The second-order valence-electron chi connectivity index (χ2n) is 5.50. The van der Waals surface area contributed by atoms with Gasteiger partial charge in [-0.25, -0.2) is 4.79 Å². The van der Waals surface area contributed by atoms with E-state index in [4.69, 9.17) is 10.8 Å². The van der Waals surface area contributed by atoms with Crippen molar-refractivity contribution in [2.75, 3.05) is 5.73 Å². The van der Waals surface area contributed by atoms with Crippen LogP contribution in [0.15, 0.2) is 35.1 Å². The monoisotopic (exact) mass is 338 g/mol. The summed E-state index contributed by atoms with van der Waals surface area (Å²) in [6.07, 6.45) is 0. The molecule has 0 saturated carbocycles. The lowest BCUT2D eigenvalue weighted by Crippen LogP contribution is -2.24. The fourth-order valence-electron chi connectivity index (χ4n) is 2.98. The average molecular weight is 338 g/mol. The number of imide groups is 1. The zero-order chi connectivity index (χ0) is 17.9. The van der Waals surface area contributed by atoms with Gasteiger partial charge in [0, 0.05) is 17.0 Å². The standard InChI is InChI=1S/C16H10N4O5/c17-13-12-7(14(22)19-15(12)23)5-11(21)20(13)10-3-1-2-8-6(10)4-9(18-8)16(24)25/h1-5,18H,17H2,(H,24,25)(H,19,22,23). The van der Waals surface area contributed by atoms with Crippen LogP contribution in [0.1, 0.15) is 31.2 Å². The number of carboxylic acids is 1. The Hall–Kier alpha value is -3.88. The topological polar surface area (TPSA) is 147 Å². The highest BCUT2D eigenvalue weighted by molar-refractivity contribution is 6.23. The van der Waals surface area contributed by atoms with E-state index in [2.05, 4.69) is 10.3 Å². The number of aromatic carboxylic acids is 1. The maximum atomic E-state index is 12.5. The molecule has 0 atom stereocenters. The molecule has 1 aliphatic rings. The number of aromatic amines is 1. The molecule has 0 unspecified atom stereocenters. The lowest BCUT2D eigenvalue weighted by molar-refractivity contribution is 0.0690. The first-order valence-electron chi connectivity index (χ1n) is 7.15. The van der Waals surface area contributed by atoms with Crippen LogP contribution in [0, 0.1) is 0 Å². The summed E-state index contributed by atoms with van der Waals surface area (Å²) in [4.78, 5) is 50.0. The zero-order valence-electron chi connectivity index (χ0n) is 12.5. The molecule has 9 heteroatoms. The number of benzene rings is 1. The van der Waals surface area contributed by atoms with Crippen molar-refractivity contribution in [1.29, 1.82) is 0 Å². The van der Waals surface area contributed by atoms with E-state index < -0.39 is 23.3 Å². The number of amides is 2. The number of nitrogens with one attached hydrogen (secondary N) is 2. The van der Waals surface area contributed by atoms with Crippen molar-refractivity contribution in [1.82, 2.24) is 14.9 Å². The van der Waals surface area contributed by atoms with Crippen LogP contribution in [-0.4, -0.2) is 32.4 Å². The van der Waals surface area contributed by atoms with Gasteiger partial charge in [0.25, 0.3) is 17.4 Å². The van der Waals surface area contributed by atoms with Gasteiger partial charge in [0.05, 0.1) is 16.8 Å². The van der Waals surface area contributed by atoms with Crippen molar-refractivity contribution in [2.24, 2.45) is 0 Å². The Kier molecular flexibility index (Phi) is 2.83. The smallest absolute Gasteiger partial charge is 0.352 e. The molecule has 0 aliphatic carbocycles. The Morgan fingerprint density at radius 2 is 1.88 bits per heavy atom. The van der Waals surface area contributed by atoms with Gasteiger partial charge in [0.2, 0.25) is 0 Å². The highest BCUT2D eigenvalue weighted by Gasteiger charge is 2.32. The fourth-order valence-corrected chi connectivity index (χ4v) is 2.98. The Morgan fingerprint density at radius 1 is 1.12 bits per heavy atom. The van der Waals surface area contributed by atoms with E-state index in [0.717, 1.165) is 10.6 Å². The molecule has 2 aromatic heterocycles. The number of hydrogen-bond acceptors (Lipinski definition) is 5. The van der Waals surface area contributed by atoms with Gasteiger partial charge in [0.1, 0.15) is 11.5 Å². The lowest BCUT2D eigenvalue weighted by Gasteiger charge is -2.12. The number of nitrogen functional groups attached to an aromatic ring is 1. The maximum absolute atomic E-state index is 12.5. The SMILES string of the molecule is Nc1c2c(cc(=O)n1-c1cccc3[nH]c(C(=O)O)cc13)C(=O)NC2=O. The molecule has 124 valence electrons. The molecule has 0 saturated heterocycles. The van der Waals surface area contributed by atoms with Gasteiger partial charge in [-0.15, -0.1) is 0 Å². The predicted octanol–water partition coefficient (Wildman–Crippen LogP) is 0.483. The Morgan fingerprint density at radius 3 is 2.60 bits per heavy atom. The van der Waals surface area contributed by atoms with Crippen LogP contribution in [0.4, 0.5) is 5.82 Å². The summed E-state index contributed by atoms with van der Waals surface area (Å²) in [6, 6.07) is 7.24. The third kappa shape index (κ3) is 1.96. The van der Waals surface area contributed by atoms with Crippen molar-refractivity contribution in [3.05, 3.63) is 57.5 Å². The molecule has 0 fully saturated rings. The minimum atomic E-state index is -1.15. The quantitative estimate of drug-likeness (QED) is 0.500. The first kappa shape index (κ1) is 14.7. The molecule has 3 aromatic rings. The van der Waals surface area contributed by atoms with Crippen molar-refractivity contribution in [2.45, 2.75) is 0 Å². The number of aromatic nitrogens is 2. The highest BCUT2D eigenvalue weighted by atomic mass is 16.4. The van der Waals surface area contributed by atoms with E-state index in [-0.39, 0.29) is 22.6 Å². The van der Waals surface area contributed by atoms with Gasteiger partial charge < -0.3 is 15.8 Å². The number of nitrogens with zero attached hydrogens (tertiary/aromatic N) is 1. The van der Waals surface area contributed by atoms with Crippen LogP contribution in [0.5, 0.6) is 0 Å². The number of pyridine rings is 1. The minimum absolute atomic E-state index is 0.0526. The van der Waals surface area contributed by atoms with E-state index in [1.54, 1.807) is 18.2 Å².